The SMILES string of the molecule is CC(=O)Nc1c(I)cc(I)c(C(=O)OC(CS(=O)(=O)[O-])(C(F)(F)F)C(F)(F)F)c1I. The zero-order chi connectivity index (χ0) is 23.9. The lowest BCUT2D eigenvalue weighted by Gasteiger charge is -2.37. The fourth-order valence-corrected chi connectivity index (χ4v) is 6.96. The summed E-state index contributed by atoms with van der Waals surface area (Å²) in [6.45, 7) is 1.07. The molecular weight excluding hydrogens is 793 g/mol. The molecule has 0 fully saturated rings. The maximum absolute atomic E-state index is 13.3. The van der Waals surface area contributed by atoms with E-state index < -0.39 is 51.3 Å². The van der Waals surface area contributed by atoms with Crippen LogP contribution in [0.15, 0.2) is 6.07 Å². The number of benzene rings is 1. The molecule has 0 spiro atoms. The fourth-order valence-electron chi connectivity index (χ4n) is 2.00. The Morgan fingerprint density at radius 2 is 1.53 bits per heavy atom. The van der Waals surface area contributed by atoms with E-state index in [2.05, 4.69) is 10.1 Å². The Bertz CT molecular complexity index is 965. The number of halogens is 9. The highest BCUT2D eigenvalue weighted by Crippen LogP contribution is 2.47. The number of hydrogen-bond acceptors (Lipinski definition) is 6. The Hall–Kier alpha value is -0.160. The van der Waals surface area contributed by atoms with E-state index in [4.69, 9.17) is 0 Å². The monoisotopic (exact) mass is 800 g/mol. The van der Waals surface area contributed by atoms with E-state index in [1.165, 1.54) is 51.2 Å². The van der Waals surface area contributed by atoms with Crippen molar-refractivity contribution < 1.29 is 53.6 Å². The molecule has 1 rings (SSSR count). The molecule has 0 heterocycles. The Balaban J connectivity index is 3.71. The number of hydrogen-bond donors (Lipinski definition) is 1. The number of nitrogens with one attached hydrogen (secondary N) is 1. The number of anilines is 1. The lowest BCUT2D eigenvalue weighted by atomic mass is 10.1. The predicted molar refractivity (Wildman–Crippen MR) is 114 cm³/mol. The Labute approximate surface area is 205 Å². The van der Waals surface area contributed by atoms with Gasteiger partial charge in [-0.1, -0.05) is 0 Å². The van der Waals surface area contributed by atoms with E-state index in [0.717, 1.165) is 6.92 Å². The van der Waals surface area contributed by atoms with Crippen molar-refractivity contribution in [3.05, 3.63) is 22.3 Å². The standard InChI is InChI=1S/C13H8F6I3NO6S/c1-4(24)23-9-6(21)2-5(20)7(8(9)22)10(25)29-11(12(14,15)16,13(17,18)19)3-30(26,27)28/h2H,3H2,1H3,(H,23,24)(H,26,27,28)/p-1. The molecule has 17 heteroatoms. The quantitative estimate of drug-likeness (QED) is 0.209. The summed E-state index contributed by atoms with van der Waals surface area (Å²) in [5.74, 6) is -5.94. The van der Waals surface area contributed by atoms with Crippen LogP contribution in [0.1, 0.15) is 17.3 Å². The van der Waals surface area contributed by atoms with Crippen molar-refractivity contribution in [2.24, 2.45) is 0 Å². The van der Waals surface area contributed by atoms with Crippen LogP contribution >= 0.6 is 67.8 Å². The summed E-state index contributed by atoms with van der Waals surface area (Å²) >= 11 is 4.53. The minimum Gasteiger partial charge on any atom is -0.748 e. The van der Waals surface area contributed by atoms with E-state index in [-0.39, 0.29) is 12.8 Å². The predicted octanol–water partition coefficient (Wildman–Crippen LogP) is 4.02. The van der Waals surface area contributed by atoms with Crippen molar-refractivity contribution in [2.45, 2.75) is 24.9 Å². The Kier molecular flexibility index (Phi) is 8.71. The minimum atomic E-state index is -6.49. The van der Waals surface area contributed by atoms with E-state index in [1.807, 2.05) is 0 Å². The Morgan fingerprint density at radius 1 is 1.07 bits per heavy atom. The molecule has 30 heavy (non-hydrogen) atoms. The molecule has 0 radical (unpaired) electrons. The van der Waals surface area contributed by atoms with Gasteiger partial charge < -0.3 is 14.6 Å². The third-order valence-corrected chi connectivity index (χ3v) is 6.78. The largest absolute Gasteiger partial charge is 0.748 e. The van der Waals surface area contributed by atoms with Gasteiger partial charge in [-0.15, -0.1) is 0 Å². The fraction of sp³-hybridized carbons (Fsp3) is 0.385. The first kappa shape index (κ1) is 27.9. The molecule has 1 aromatic rings. The highest BCUT2D eigenvalue weighted by molar-refractivity contribution is 14.1. The molecule has 0 saturated heterocycles. The highest BCUT2D eigenvalue weighted by Gasteiger charge is 2.75. The second kappa shape index (κ2) is 9.37. The van der Waals surface area contributed by atoms with Gasteiger partial charge >= 0.3 is 23.9 Å². The summed E-state index contributed by atoms with van der Waals surface area (Å²) < 4.78 is 116. The lowest BCUT2D eigenvalue weighted by Crippen LogP contribution is -2.63. The van der Waals surface area contributed by atoms with Crippen LogP contribution in [0, 0.1) is 10.7 Å². The number of alkyl halides is 6. The molecule has 1 N–H and O–H groups in total. The van der Waals surface area contributed by atoms with Crippen LogP contribution in [-0.2, 0) is 19.6 Å². The van der Waals surface area contributed by atoms with Gasteiger partial charge in [0.25, 0.3) is 0 Å². The topological polar surface area (TPSA) is 113 Å². The van der Waals surface area contributed by atoms with Crippen LogP contribution in [0.4, 0.5) is 32.0 Å². The molecule has 0 atom stereocenters. The van der Waals surface area contributed by atoms with Crippen molar-refractivity contribution in [1.29, 1.82) is 0 Å². The molecule has 0 bridgehead atoms. The summed E-state index contributed by atoms with van der Waals surface area (Å²) in [5.41, 5.74) is -6.47. The van der Waals surface area contributed by atoms with Crippen LogP contribution in [-0.4, -0.2) is 48.6 Å². The van der Waals surface area contributed by atoms with Crippen molar-refractivity contribution in [3.8, 4) is 0 Å². The molecular formula is C13H7F6I3NO6S-. The van der Waals surface area contributed by atoms with Crippen LogP contribution in [0.2, 0.25) is 0 Å². The second-order valence-electron chi connectivity index (χ2n) is 5.50. The van der Waals surface area contributed by atoms with Crippen molar-refractivity contribution in [1.82, 2.24) is 0 Å². The zero-order valence-electron chi connectivity index (χ0n) is 14.0. The number of carbonyl (C=O) groups is 2. The van der Waals surface area contributed by atoms with Crippen LogP contribution in [0.25, 0.3) is 0 Å². The summed E-state index contributed by atoms with van der Waals surface area (Å²) in [7, 11) is -6.16. The van der Waals surface area contributed by atoms with Gasteiger partial charge in [-0.05, 0) is 73.8 Å². The summed E-state index contributed by atoms with van der Waals surface area (Å²) in [4.78, 5) is 23.7. The lowest BCUT2D eigenvalue weighted by molar-refractivity contribution is -0.356. The third-order valence-electron chi connectivity index (χ3n) is 3.24. The average Bonchev–Trinajstić information content (AvgIpc) is 2.46. The maximum atomic E-state index is 13.3. The average molecular weight is 800 g/mol. The summed E-state index contributed by atoms with van der Waals surface area (Å²) in [6.07, 6.45) is -13.0. The van der Waals surface area contributed by atoms with E-state index in [0.29, 0.717) is 3.57 Å². The van der Waals surface area contributed by atoms with Gasteiger partial charge in [0.2, 0.25) is 5.91 Å². The van der Waals surface area contributed by atoms with Gasteiger partial charge in [0, 0.05) is 14.1 Å². The van der Waals surface area contributed by atoms with Gasteiger partial charge in [-0.3, -0.25) is 4.79 Å². The highest BCUT2D eigenvalue weighted by atomic mass is 127. The first-order chi connectivity index (χ1) is 13.2. The molecule has 7 nitrogen and oxygen atoms in total. The molecule has 0 saturated carbocycles. The molecule has 1 amide bonds. The third kappa shape index (κ3) is 6.21. The number of ether oxygens (including phenoxy) is 1. The molecule has 0 aliphatic heterocycles. The number of carbonyl (C=O) groups excluding carboxylic acids is 2. The first-order valence-electron chi connectivity index (χ1n) is 6.99. The van der Waals surface area contributed by atoms with Crippen LogP contribution in [0.3, 0.4) is 0 Å². The molecule has 0 unspecified atom stereocenters. The van der Waals surface area contributed by atoms with E-state index in [9.17, 15) is 48.9 Å². The van der Waals surface area contributed by atoms with E-state index in [1.54, 1.807) is 22.6 Å². The van der Waals surface area contributed by atoms with Gasteiger partial charge in [-0.25, -0.2) is 13.2 Å². The summed E-state index contributed by atoms with van der Waals surface area (Å²) in [6, 6.07) is 1.17. The van der Waals surface area contributed by atoms with Crippen molar-refractivity contribution in [3.63, 3.8) is 0 Å². The smallest absolute Gasteiger partial charge is 0.438 e. The molecule has 0 aliphatic carbocycles. The molecule has 1 aromatic carbocycles. The van der Waals surface area contributed by atoms with Gasteiger partial charge in [0.05, 0.1) is 30.7 Å². The normalized spacial score (nSPS) is 13.2. The molecule has 0 aromatic heterocycles. The van der Waals surface area contributed by atoms with Crippen molar-refractivity contribution in [2.75, 3.05) is 11.1 Å². The minimum absolute atomic E-state index is 0.0860. The van der Waals surface area contributed by atoms with Gasteiger partial charge in [0.15, 0.2) is 0 Å². The summed E-state index contributed by atoms with van der Waals surface area (Å²) in [5, 5.41) is 2.27. The molecule has 170 valence electrons. The maximum Gasteiger partial charge on any atom is 0.438 e. The second-order valence-corrected chi connectivity index (χ2v) is 10.3. The number of esters is 1. The van der Waals surface area contributed by atoms with Crippen molar-refractivity contribution >= 4 is 95.5 Å². The number of rotatable bonds is 5. The van der Waals surface area contributed by atoms with Crippen LogP contribution in [0.5, 0.6) is 0 Å². The zero-order valence-corrected chi connectivity index (χ0v) is 21.3. The van der Waals surface area contributed by atoms with Gasteiger partial charge in [-0.2, -0.15) is 26.3 Å². The van der Waals surface area contributed by atoms with Gasteiger partial charge in [0.1, 0.15) is 0 Å². The van der Waals surface area contributed by atoms with E-state index >= 15 is 0 Å². The number of amides is 1. The molecule has 0 aliphatic rings. The first-order valence-corrected chi connectivity index (χ1v) is 11.8. The van der Waals surface area contributed by atoms with Crippen LogP contribution < -0.4 is 5.32 Å². The Morgan fingerprint density at radius 3 is 1.90 bits per heavy atom.